The molecule has 1 aliphatic carbocycles. The quantitative estimate of drug-likeness (QED) is 0.853. The molecule has 0 amide bonds. The fourth-order valence-corrected chi connectivity index (χ4v) is 5.02. The van der Waals surface area contributed by atoms with Crippen LogP contribution >= 0.6 is 11.8 Å². The zero-order valence-corrected chi connectivity index (χ0v) is 12.3. The molecule has 1 N–H and O–H groups in total. The summed E-state index contributed by atoms with van der Waals surface area (Å²) in [6.07, 6.45) is 7.29. The van der Waals surface area contributed by atoms with Crippen LogP contribution in [0.4, 0.5) is 0 Å². The summed E-state index contributed by atoms with van der Waals surface area (Å²) in [5, 5.41) is 9.90. The number of hydrogen-bond donors (Lipinski definition) is 1. The molecule has 0 bridgehead atoms. The minimum absolute atomic E-state index is 0.0755. The SMILES string of the molecule is CC1SCCC1N(C)C1(CC(=O)O)CCCCC1. The van der Waals surface area contributed by atoms with Gasteiger partial charge in [0.1, 0.15) is 0 Å². The van der Waals surface area contributed by atoms with Crippen molar-refractivity contribution in [1.29, 1.82) is 0 Å². The van der Waals surface area contributed by atoms with Crippen molar-refractivity contribution in [2.75, 3.05) is 12.8 Å². The molecule has 2 unspecified atom stereocenters. The number of carbonyl (C=O) groups is 1. The molecule has 0 spiro atoms. The minimum Gasteiger partial charge on any atom is -0.481 e. The molecule has 2 rings (SSSR count). The lowest BCUT2D eigenvalue weighted by Crippen LogP contribution is -2.55. The van der Waals surface area contributed by atoms with Crippen molar-refractivity contribution in [1.82, 2.24) is 4.90 Å². The summed E-state index contributed by atoms with van der Waals surface area (Å²) in [5.41, 5.74) is -0.0755. The molecule has 2 atom stereocenters. The molecule has 4 heteroatoms. The van der Waals surface area contributed by atoms with Gasteiger partial charge in [0.05, 0.1) is 6.42 Å². The standard InChI is InChI=1S/C14H25NO2S/c1-11-12(6-9-18-11)15(2)14(10-13(16)17)7-4-3-5-8-14/h11-12H,3-10H2,1-2H3,(H,16,17). The molecule has 1 saturated carbocycles. The van der Waals surface area contributed by atoms with Gasteiger partial charge in [-0.3, -0.25) is 9.69 Å². The van der Waals surface area contributed by atoms with Crippen molar-refractivity contribution in [3.05, 3.63) is 0 Å². The number of carboxylic acid groups (broad SMARTS) is 1. The van der Waals surface area contributed by atoms with Crippen molar-refractivity contribution in [3.8, 4) is 0 Å². The van der Waals surface area contributed by atoms with E-state index in [1.165, 1.54) is 31.4 Å². The van der Waals surface area contributed by atoms with Crippen molar-refractivity contribution >= 4 is 17.7 Å². The zero-order chi connectivity index (χ0) is 13.2. The topological polar surface area (TPSA) is 40.5 Å². The number of rotatable bonds is 4. The van der Waals surface area contributed by atoms with Gasteiger partial charge in [0.15, 0.2) is 0 Å². The molecule has 1 aliphatic heterocycles. The predicted octanol–water partition coefficient (Wildman–Crippen LogP) is 2.99. The number of hydrogen-bond acceptors (Lipinski definition) is 3. The first-order valence-electron chi connectivity index (χ1n) is 7.11. The molecule has 1 heterocycles. The van der Waals surface area contributed by atoms with Crippen LogP contribution in [0.3, 0.4) is 0 Å². The first-order valence-corrected chi connectivity index (χ1v) is 8.16. The van der Waals surface area contributed by atoms with Crippen molar-refractivity contribution in [2.45, 2.75) is 68.7 Å². The van der Waals surface area contributed by atoms with Gasteiger partial charge in [-0.05, 0) is 32.1 Å². The van der Waals surface area contributed by atoms with E-state index in [-0.39, 0.29) is 5.54 Å². The van der Waals surface area contributed by atoms with Crippen LogP contribution in [0.25, 0.3) is 0 Å². The number of carboxylic acids is 1. The molecule has 18 heavy (non-hydrogen) atoms. The summed E-state index contributed by atoms with van der Waals surface area (Å²) < 4.78 is 0. The highest BCUT2D eigenvalue weighted by molar-refractivity contribution is 8.00. The van der Waals surface area contributed by atoms with E-state index in [0.717, 1.165) is 12.8 Å². The van der Waals surface area contributed by atoms with E-state index < -0.39 is 5.97 Å². The Morgan fingerprint density at radius 1 is 1.39 bits per heavy atom. The van der Waals surface area contributed by atoms with E-state index in [4.69, 9.17) is 0 Å². The van der Waals surface area contributed by atoms with Gasteiger partial charge in [-0.25, -0.2) is 0 Å². The molecule has 2 fully saturated rings. The van der Waals surface area contributed by atoms with Crippen LogP contribution in [-0.2, 0) is 4.79 Å². The largest absolute Gasteiger partial charge is 0.481 e. The van der Waals surface area contributed by atoms with Crippen molar-refractivity contribution in [2.24, 2.45) is 0 Å². The molecule has 2 aliphatic rings. The molecule has 0 aromatic heterocycles. The summed E-state index contributed by atoms with van der Waals surface area (Å²) in [6.45, 7) is 2.29. The normalized spacial score (nSPS) is 31.7. The Morgan fingerprint density at radius 2 is 2.06 bits per heavy atom. The fourth-order valence-electron chi connectivity index (χ4n) is 3.73. The molecule has 0 radical (unpaired) electrons. The van der Waals surface area contributed by atoms with Crippen LogP contribution < -0.4 is 0 Å². The fraction of sp³-hybridized carbons (Fsp3) is 0.929. The van der Waals surface area contributed by atoms with Gasteiger partial charge >= 0.3 is 5.97 Å². The van der Waals surface area contributed by atoms with E-state index in [0.29, 0.717) is 17.7 Å². The minimum atomic E-state index is -0.637. The van der Waals surface area contributed by atoms with E-state index in [1.54, 1.807) is 0 Å². The maximum atomic E-state index is 11.2. The molecule has 104 valence electrons. The molecule has 1 saturated heterocycles. The summed E-state index contributed by atoms with van der Waals surface area (Å²) in [5.74, 6) is 0.585. The van der Waals surface area contributed by atoms with Gasteiger partial charge in [0.25, 0.3) is 0 Å². The van der Waals surface area contributed by atoms with Crippen LogP contribution in [-0.4, -0.2) is 45.6 Å². The van der Waals surface area contributed by atoms with E-state index >= 15 is 0 Å². The molecule has 0 aromatic rings. The monoisotopic (exact) mass is 271 g/mol. The predicted molar refractivity (Wildman–Crippen MR) is 76.2 cm³/mol. The van der Waals surface area contributed by atoms with Gasteiger partial charge in [-0.15, -0.1) is 0 Å². The highest BCUT2D eigenvalue weighted by Gasteiger charge is 2.43. The molecule has 0 aromatic carbocycles. The summed E-state index contributed by atoms with van der Waals surface area (Å²) >= 11 is 2.03. The molecular formula is C14H25NO2S. The van der Waals surface area contributed by atoms with E-state index in [9.17, 15) is 9.90 Å². The van der Waals surface area contributed by atoms with Crippen LogP contribution in [0.5, 0.6) is 0 Å². The highest BCUT2D eigenvalue weighted by atomic mass is 32.2. The number of nitrogens with zero attached hydrogens (tertiary/aromatic N) is 1. The van der Waals surface area contributed by atoms with Gasteiger partial charge in [-0.2, -0.15) is 11.8 Å². The second-order valence-electron chi connectivity index (χ2n) is 5.90. The van der Waals surface area contributed by atoms with E-state index in [2.05, 4.69) is 18.9 Å². The van der Waals surface area contributed by atoms with E-state index in [1.807, 2.05) is 11.8 Å². The summed E-state index contributed by atoms with van der Waals surface area (Å²) in [6, 6.07) is 0.562. The third-order valence-corrected chi connectivity index (χ3v) is 6.16. The van der Waals surface area contributed by atoms with Gasteiger partial charge in [-0.1, -0.05) is 26.2 Å². The summed E-state index contributed by atoms with van der Waals surface area (Å²) in [4.78, 5) is 13.7. The zero-order valence-electron chi connectivity index (χ0n) is 11.5. The average molecular weight is 271 g/mol. The van der Waals surface area contributed by atoms with Gasteiger partial charge < -0.3 is 5.11 Å². The smallest absolute Gasteiger partial charge is 0.305 e. The maximum absolute atomic E-state index is 11.2. The van der Waals surface area contributed by atoms with Crippen LogP contribution in [0.1, 0.15) is 51.9 Å². The third kappa shape index (κ3) is 2.85. The van der Waals surface area contributed by atoms with Crippen molar-refractivity contribution < 1.29 is 9.90 Å². The number of aliphatic carboxylic acids is 1. The number of thioether (sulfide) groups is 1. The second-order valence-corrected chi connectivity index (χ2v) is 7.38. The van der Waals surface area contributed by atoms with Crippen molar-refractivity contribution in [3.63, 3.8) is 0 Å². The maximum Gasteiger partial charge on any atom is 0.305 e. The highest BCUT2D eigenvalue weighted by Crippen LogP contribution is 2.41. The Labute approximate surface area is 114 Å². The average Bonchev–Trinajstić information content (AvgIpc) is 2.74. The Bertz CT molecular complexity index is 302. The first-order chi connectivity index (χ1) is 8.55. The Kier molecular flexibility index (Phi) is 4.59. The molecular weight excluding hydrogens is 246 g/mol. The van der Waals surface area contributed by atoms with Crippen LogP contribution in [0.2, 0.25) is 0 Å². The Balaban J connectivity index is 2.14. The molecule has 3 nitrogen and oxygen atoms in total. The summed E-state index contributed by atoms with van der Waals surface area (Å²) in [7, 11) is 2.17. The third-order valence-electron chi connectivity index (χ3n) is 4.85. The van der Waals surface area contributed by atoms with Gasteiger partial charge in [0, 0.05) is 16.8 Å². The van der Waals surface area contributed by atoms with Gasteiger partial charge in [0.2, 0.25) is 0 Å². The Morgan fingerprint density at radius 3 is 2.56 bits per heavy atom. The lowest BCUT2D eigenvalue weighted by molar-refractivity contribution is -0.141. The lowest BCUT2D eigenvalue weighted by atomic mass is 9.77. The van der Waals surface area contributed by atoms with Crippen LogP contribution in [0, 0.1) is 0 Å². The first kappa shape index (κ1) is 14.2. The Hall–Kier alpha value is -0.220. The van der Waals surface area contributed by atoms with Crippen LogP contribution in [0.15, 0.2) is 0 Å². The second kappa shape index (κ2) is 5.83. The lowest BCUT2D eigenvalue weighted by Gasteiger charge is -2.47.